The first-order chi connectivity index (χ1) is 15.8. The van der Waals surface area contributed by atoms with Gasteiger partial charge in [-0.25, -0.2) is 0 Å². The van der Waals surface area contributed by atoms with Crippen molar-refractivity contribution in [2.45, 2.75) is 142 Å². The highest BCUT2D eigenvalue weighted by molar-refractivity contribution is 7.53. The Balaban J connectivity index is 3.43. The Kier molecular flexibility index (Phi) is 21.1. The Morgan fingerprint density at radius 1 is 0.697 bits per heavy atom. The van der Waals surface area contributed by atoms with Crippen LogP contribution in [0.15, 0.2) is 12.2 Å². The lowest BCUT2D eigenvalue weighted by molar-refractivity contribution is -0.883. The van der Waals surface area contributed by atoms with E-state index in [1.165, 1.54) is 103 Å². The average molecular weight is 489 g/mol. The second kappa shape index (κ2) is 21.2. The van der Waals surface area contributed by atoms with Crippen LogP contribution in [0.25, 0.3) is 0 Å². The fourth-order valence-electron chi connectivity index (χ4n) is 4.55. The van der Waals surface area contributed by atoms with Crippen LogP contribution in [0, 0.1) is 0 Å². The monoisotopic (exact) mass is 488 g/mol. The average Bonchev–Trinajstić information content (AvgIpc) is 2.74. The molecule has 0 aromatic carbocycles. The highest BCUT2D eigenvalue weighted by Crippen LogP contribution is 2.51. The third kappa shape index (κ3) is 19.8. The lowest BCUT2D eigenvalue weighted by atomic mass is 10.1. The molecule has 0 aliphatic rings. The summed E-state index contributed by atoms with van der Waals surface area (Å²) < 4.78 is 18.4. The van der Waals surface area contributed by atoms with Gasteiger partial charge in [-0.1, -0.05) is 109 Å². The Labute approximate surface area is 207 Å². The van der Waals surface area contributed by atoms with Crippen LogP contribution in [0.1, 0.15) is 136 Å². The molecular formula is C28H59NO3P+. The van der Waals surface area contributed by atoms with Gasteiger partial charge in [-0.15, -0.1) is 0 Å². The van der Waals surface area contributed by atoms with Crippen LogP contribution in [-0.2, 0) is 9.09 Å². The first kappa shape index (κ1) is 32.8. The minimum Gasteiger partial charge on any atom is -0.320 e. The summed E-state index contributed by atoms with van der Waals surface area (Å²) in [6.07, 6.45) is 28.9. The lowest BCUT2D eigenvalue weighted by Crippen LogP contribution is -2.44. The number of unbranched alkanes of at least 4 members (excludes halogenated alkanes) is 16. The van der Waals surface area contributed by atoms with E-state index >= 15 is 0 Å². The van der Waals surface area contributed by atoms with E-state index in [0.717, 1.165) is 12.8 Å². The maximum Gasteiger partial charge on any atom is 0.385 e. The summed E-state index contributed by atoms with van der Waals surface area (Å²) in [4.78, 5) is 10.3. The summed E-state index contributed by atoms with van der Waals surface area (Å²) in [5.74, 6) is -0.349. The smallest absolute Gasteiger partial charge is 0.320 e. The van der Waals surface area contributed by atoms with Crippen LogP contribution < -0.4 is 0 Å². The van der Waals surface area contributed by atoms with Gasteiger partial charge in [0.1, 0.15) is 0 Å². The fourth-order valence-corrected chi connectivity index (χ4v) is 6.45. The summed E-state index contributed by atoms with van der Waals surface area (Å²) in [6, 6.07) is 0. The molecule has 2 unspecified atom stereocenters. The first-order valence-electron chi connectivity index (χ1n) is 14.2. The first-order valence-corrected chi connectivity index (χ1v) is 15.8. The van der Waals surface area contributed by atoms with Gasteiger partial charge in [-0.05, 0) is 32.1 Å². The second-order valence-corrected chi connectivity index (χ2v) is 12.7. The molecule has 2 atom stereocenters. The molecule has 0 amide bonds. The van der Waals surface area contributed by atoms with E-state index in [1.807, 2.05) is 28.1 Å². The summed E-state index contributed by atoms with van der Waals surface area (Å²) in [7, 11) is 2.31. The molecule has 0 spiro atoms. The van der Waals surface area contributed by atoms with E-state index in [-0.39, 0.29) is 5.78 Å². The van der Waals surface area contributed by atoms with Gasteiger partial charge in [0.2, 0.25) is 0 Å². The van der Waals surface area contributed by atoms with E-state index in [1.54, 1.807) is 0 Å². The number of rotatable bonds is 24. The van der Waals surface area contributed by atoms with E-state index < -0.39 is 7.60 Å². The van der Waals surface area contributed by atoms with Crippen LogP contribution in [0.2, 0.25) is 0 Å². The van der Waals surface area contributed by atoms with Crippen molar-refractivity contribution >= 4 is 7.60 Å². The van der Waals surface area contributed by atoms with E-state index in [0.29, 0.717) is 17.5 Å². The maximum absolute atomic E-state index is 12.5. The zero-order chi connectivity index (χ0) is 24.8. The molecule has 4 nitrogen and oxygen atoms in total. The molecule has 0 saturated carbocycles. The second-order valence-electron chi connectivity index (χ2n) is 10.8. The molecule has 0 fully saturated rings. The zero-order valence-corrected chi connectivity index (χ0v) is 23.9. The number of allylic oxidation sites excluding steroid dienone is 2. The van der Waals surface area contributed by atoms with Crippen LogP contribution in [0.3, 0.4) is 0 Å². The molecule has 0 aromatic rings. The van der Waals surface area contributed by atoms with Gasteiger partial charge in [0.05, 0.1) is 27.7 Å². The van der Waals surface area contributed by atoms with Crippen molar-refractivity contribution in [3.05, 3.63) is 12.2 Å². The lowest BCUT2D eigenvalue weighted by Gasteiger charge is -2.35. The predicted octanol–water partition coefficient (Wildman–Crippen LogP) is 9.23. The van der Waals surface area contributed by atoms with Gasteiger partial charge in [-0.3, -0.25) is 4.57 Å². The fraction of sp³-hybridized carbons (Fsp3) is 0.929. The molecule has 0 aromatic heterocycles. The zero-order valence-electron chi connectivity index (χ0n) is 23.0. The molecule has 0 heterocycles. The van der Waals surface area contributed by atoms with Crippen molar-refractivity contribution in [2.24, 2.45) is 0 Å². The van der Waals surface area contributed by atoms with Crippen molar-refractivity contribution in [3.8, 4) is 0 Å². The number of quaternary nitrogens is 1. The SMILES string of the molecule is CCCCCCCCC/C=C\CCCCCCCCCCCOP(=O)(O)C(CC)[N+](C)(C)C. The van der Waals surface area contributed by atoms with E-state index in [4.69, 9.17) is 4.52 Å². The Hall–Kier alpha value is -0.150. The summed E-state index contributed by atoms with van der Waals surface area (Å²) in [5, 5.41) is 0. The van der Waals surface area contributed by atoms with Gasteiger partial charge < -0.3 is 13.9 Å². The maximum atomic E-state index is 12.5. The van der Waals surface area contributed by atoms with Crippen LogP contribution >= 0.6 is 7.60 Å². The van der Waals surface area contributed by atoms with Crippen LogP contribution in [0.5, 0.6) is 0 Å². The van der Waals surface area contributed by atoms with Crippen LogP contribution in [0.4, 0.5) is 0 Å². The van der Waals surface area contributed by atoms with Crippen molar-refractivity contribution < 1.29 is 18.5 Å². The van der Waals surface area contributed by atoms with Gasteiger partial charge in [-0.2, -0.15) is 0 Å². The third-order valence-electron chi connectivity index (χ3n) is 6.57. The third-order valence-corrected chi connectivity index (χ3v) is 8.93. The molecule has 0 aliphatic heterocycles. The minimum absolute atomic E-state index is 0.349. The molecule has 198 valence electrons. The van der Waals surface area contributed by atoms with Crippen molar-refractivity contribution in [1.82, 2.24) is 0 Å². The molecule has 0 bridgehead atoms. The number of nitrogens with zero attached hydrogens (tertiary/aromatic N) is 1. The summed E-state index contributed by atoms with van der Waals surface area (Å²) in [5.41, 5.74) is 0. The van der Waals surface area contributed by atoms with Gasteiger partial charge in [0, 0.05) is 6.42 Å². The molecule has 0 rings (SSSR count). The van der Waals surface area contributed by atoms with Crippen molar-refractivity contribution in [1.29, 1.82) is 0 Å². The quantitative estimate of drug-likeness (QED) is 0.0637. The number of hydrogen-bond acceptors (Lipinski definition) is 2. The summed E-state index contributed by atoms with van der Waals surface area (Å²) >= 11 is 0. The highest BCUT2D eigenvalue weighted by atomic mass is 31.2. The molecular weight excluding hydrogens is 429 g/mol. The highest BCUT2D eigenvalue weighted by Gasteiger charge is 2.41. The largest absolute Gasteiger partial charge is 0.385 e. The van der Waals surface area contributed by atoms with Gasteiger partial charge >= 0.3 is 7.60 Å². The Bertz CT molecular complexity index is 502. The number of hydrogen-bond donors (Lipinski definition) is 1. The molecule has 1 N–H and O–H groups in total. The summed E-state index contributed by atoms with van der Waals surface area (Å²) in [6.45, 7) is 4.63. The molecule has 0 radical (unpaired) electrons. The van der Waals surface area contributed by atoms with Crippen LogP contribution in [-0.4, -0.2) is 42.9 Å². The van der Waals surface area contributed by atoms with E-state index in [2.05, 4.69) is 19.1 Å². The topological polar surface area (TPSA) is 46.5 Å². The van der Waals surface area contributed by atoms with Gasteiger partial charge in [0.25, 0.3) is 0 Å². The van der Waals surface area contributed by atoms with Gasteiger partial charge in [0.15, 0.2) is 5.78 Å². The molecule has 5 heteroatoms. The van der Waals surface area contributed by atoms with Crippen molar-refractivity contribution in [3.63, 3.8) is 0 Å². The molecule has 0 aliphatic carbocycles. The minimum atomic E-state index is -3.55. The van der Waals surface area contributed by atoms with Crippen molar-refractivity contribution in [2.75, 3.05) is 27.7 Å². The van der Waals surface area contributed by atoms with E-state index in [9.17, 15) is 9.46 Å². The molecule has 33 heavy (non-hydrogen) atoms. The predicted molar refractivity (Wildman–Crippen MR) is 146 cm³/mol. The standard InChI is InChI=1S/C28H58NO3P/c1-6-8-9-10-11-12-13-14-15-16-17-18-19-20-21-22-23-24-25-26-27-32-33(30,31)28(7-2)29(3,4)5/h15-16,28H,6-14,17-27H2,1-5H3/p+1/b16-15-. The molecule has 0 saturated heterocycles. The normalized spacial score (nSPS) is 15.2. The Morgan fingerprint density at radius 2 is 1.09 bits per heavy atom. The Morgan fingerprint density at radius 3 is 1.48 bits per heavy atom.